The third-order valence-electron chi connectivity index (χ3n) is 5.75. The highest BCUT2D eigenvalue weighted by Crippen LogP contribution is 2.28. The Morgan fingerprint density at radius 3 is 2.72 bits per heavy atom. The number of hydrogen-bond acceptors (Lipinski definition) is 6. The summed E-state index contributed by atoms with van der Waals surface area (Å²) >= 11 is 0. The normalized spacial score (nSPS) is 19.8. The van der Waals surface area contributed by atoms with Crippen molar-refractivity contribution in [3.63, 3.8) is 0 Å². The van der Waals surface area contributed by atoms with Gasteiger partial charge in [0.05, 0.1) is 37.0 Å². The maximum atomic E-state index is 12.9. The first-order valence-electron chi connectivity index (χ1n) is 10.6. The number of benzene rings is 1. The first-order chi connectivity index (χ1) is 14.3. The van der Waals surface area contributed by atoms with Gasteiger partial charge in [-0.2, -0.15) is 0 Å². The third kappa shape index (κ3) is 4.50. The summed E-state index contributed by atoms with van der Waals surface area (Å²) in [5.41, 5.74) is 2.51. The molecule has 2 aliphatic rings. The number of carbonyl (C=O) groups excluding carboxylic acids is 1. The van der Waals surface area contributed by atoms with Gasteiger partial charge in [-0.25, -0.2) is 9.97 Å². The molecule has 4 rings (SSSR count). The van der Waals surface area contributed by atoms with Gasteiger partial charge < -0.3 is 19.9 Å². The second-order valence-corrected chi connectivity index (χ2v) is 7.58. The van der Waals surface area contributed by atoms with E-state index in [1.54, 1.807) is 12.4 Å². The van der Waals surface area contributed by atoms with Crippen LogP contribution in [0.5, 0.6) is 0 Å². The lowest BCUT2D eigenvalue weighted by molar-refractivity contribution is 0.0601. The molecule has 2 fully saturated rings. The van der Waals surface area contributed by atoms with E-state index in [9.17, 15) is 4.79 Å². The van der Waals surface area contributed by atoms with Crippen molar-refractivity contribution < 1.29 is 9.53 Å². The Hall–Kier alpha value is -2.67. The average molecular weight is 396 g/mol. The van der Waals surface area contributed by atoms with E-state index in [-0.39, 0.29) is 5.91 Å². The van der Waals surface area contributed by atoms with E-state index in [0.29, 0.717) is 17.6 Å². The first-order valence-corrected chi connectivity index (χ1v) is 10.6. The van der Waals surface area contributed by atoms with Crippen molar-refractivity contribution in [1.29, 1.82) is 0 Å². The molecule has 154 valence electrons. The Morgan fingerprint density at radius 1 is 1.14 bits per heavy atom. The Labute approximate surface area is 172 Å². The molecule has 2 aromatic rings. The maximum absolute atomic E-state index is 12.9. The van der Waals surface area contributed by atoms with Crippen molar-refractivity contribution in [2.24, 2.45) is 0 Å². The van der Waals surface area contributed by atoms with E-state index >= 15 is 0 Å². The second kappa shape index (κ2) is 9.22. The predicted molar refractivity (Wildman–Crippen MR) is 114 cm³/mol. The molecule has 7 nitrogen and oxygen atoms in total. The monoisotopic (exact) mass is 395 g/mol. The van der Waals surface area contributed by atoms with Gasteiger partial charge in [0.15, 0.2) is 0 Å². The summed E-state index contributed by atoms with van der Waals surface area (Å²) in [7, 11) is 0. The van der Waals surface area contributed by atoms with Crippen LogP contribution in [0, 0.1) is 0 Å². The molecule has 1 aromatic heterocycles. The van der Waals surface area contributed by atoms with Crippen LogP contribution in [0.25, 0.3) is 0 Å². The number of likely N-dealkylation sites (tertiary alicyclic amines) is 1. The highest BCUT2D eigenvalue weighted by molar-refractivity contribution is 5.92. The van der Waals surface area contributed by atoms with Crippen molar-refractivity contribution in [2.75, 3.05) is 43.1 Å². The second-order valence-electron chi connectivity index (χ2n) is 7.58. The number of nitrogens with one attached hydrogen (secondary N) is 1. The SMILES string of the molecule is CCC1CCCCN1C(=O)c1cnc(Nc2ccccc2N2CCOCC2)cn1. The standard InChI is InChI=1S/C22H29N5O2/c1-2-17-7-5-6-10-27(17)22(28)19-15-24-21(16-23-19)25-18-8-3-4-9-20(18)26-11-13-29-14-12-26/h3-4,8-9,15-17H,2,5-7,10-14H2,1H3,(H,24,25). The molecule has 0 spiro atoms. The van der Waals surface area contributed by atoms with Crippen LogP contribution in [0.4, 0.5) is 17.2 Å². The Bertz CT molecular complexity index is 820. The van der Waals surface area contributed by atoms with Gasteiger partial charge in [0.2, 0.25) is 0 Å². The van der Waals surface area contributed by atoms with Crippen LogP contribution in [0.1, 0.15) is 43.1 Å². The van der Waals surface area contributed by atoms with E-state index in [1.165, 1.54) is 6.42 Å². The molecule has 2 saturated heterocycles. The summed E-state index contributed by atoms with van der Waals surface area (Å²) in [5, 5.41) is 3.35. The minimum atomic E-state index is -0.00989. The minimum Gasteiger partial charge on any atom is -0.378 e. The fourth-order valence-electron chi connectivity index (χ4n) is 4.14. The number of morpholine rings is 1. The van der Waals surface area contributed by atoms with Gasteiger partial charge in [0.25, 0.3) is 5.91 Å². The van der Waals surface area contributed by atoms with Crippen LogP contribution in [0.15, 0.2) is 36.7 Å². The molecule has 1 atom stereocenters. The number of nitrogens with zero attached hydrogens (tertiary/aromatic N) is 4. The average Bonchev–Trinajstić information content (AvgIpc) is 2.80. The lowest BCUT2D eigenvalue weighted by Gasteiger charge is -2.34. The molecule has 1 unspecified atom stereocenters. The summed E-state index contributed by atoms with van der Waals surface area (Å²) in [6, 6.07) is 8.48. The zero-order chi connectivity index (χ0) is 20.1. The molecule has 0 radical (unpaired) electrons. The Balaban J connectivity index is 1.47. The lowest BCUT2D eigenvalue weighted by atomic mass is 10.00. The molecule has 1 aromatic carbocycles. The van der Waals surface area contributed by atoms with Crippen LogP contribution in [0.3, 0.4) is 0 Å². The highest BCUT2D eigenvalue weighted by Gasteiger charge is 2.27. The number of carbonyl (C=O) groups is 1. The summed E-state index contributed by atoms with van der Waals surface area (Å²) in [6.45, 7) is 6.16. The topological polar surface area (TPSA) is 70.6 Å². The van der Waals surface area contributed by atoms with E-state index in [4.69, 9.17) is 4.74 Å². The molecular formula is C22H29N5O2. The highest BCUT2D eigenvalue weighted by atomic mass is 16.5. The van der Waals surface area contributed by atoms with Crippen LogP contribution in [-0.2, 0) is 4.74 Å². The van der Waals surface area contributed by atoms with Gasteiger partial charge in [-0.3, -0.25) is 4.79 Å². The van der Waals surface area contributed by atoms with Gasteiger partial charge >= 0.3 is 0 Å². The zero-order valence-corrected chi connectivity index (χ0v) is 17.0. The molecule has 1 N–H and O–H groups in total. The summed E-state index contributed by atoms with van der Waals surface area (Å²) < 4.78 is 5.46. The van der Waals surface area contributed by atoms with Crippen molar-refractivity contribution in [2.45, 2.75) is 38.6 Å². The first kappa shape index (κ1) is 19.6. The van der Waals surface area contributed by atoms with Gasteiger partial charge in [0, 0.05) is 25.7 Å². The number of aromatic nitrogens is 2. The molecule has 0 bridgehead atoms. The number of anilines is 3. The van der Waals surface area contributed by atoms with Crippen molar-refractivity contribution in [3.8, 4) is 0 Å². The zero-order valence-electron chi connectivity index (χ0n) is 17.0. The summed E-state index contributed by atoms with van der Waals surface area (Å²) in [4.78, 5) is 26.0. The van der Waals surface area contributed by atoms with Crippen molar-refractivity contribution in [3.05, 3.63) is 42.4 Å². The van der Waals surface area contributed by atoms with Gasteiger partial charge in [-0.1, -0.05) is 19.1 Å². The van der Waals surface area contributed by atoms with Gasteiger partial charge in [-0.15, -0.1) is 0 Å². The number of rotatable bonds is 5. The molecule has 2 aliphatic heterocycles. The number of amides is 1. The van der Waals surface area contributed by atoms with E-state index < -0.39 is 0 Å². The quantitative estimate of drug-likeness (QED) is 0.836. The number of hydrogen-bond donors (Lipinski definition) is 1. The van der Waals surface area contributed by atoms with Gasteiger partial charge in [0.1, 0.15) is 11.5 Å². The van der Waals surface area contributed by atoms with E-state index in [0.717, 1.165) is 63.5 Å². The largest absolute Gasteiger partial charge is 0.378 e. The van der Waals surface area contributed by atoms with Crippen LogP contribution >= 0.6 is 0 Å². The molecule has 1 amide bonds. The molecule has 3 heterocycles. The molecule has 0 aliphatic carbocycles. The summed E-state index contributed by atoms with van der Waals surface area (Å²) in [6.07, 6.45) is 7.55. The molecular weight excluding hydrogens is 366 g/mol. The minimum absolute atomic E-state index is 0.00989. The van der Waals surface area contributed by atoms with Gasteiger partial charge in [-0.05, 0) is 37.8 Å². The smallest absolute Gasteiger partial charge is 0.274 e. The molecule has 29 heavy (non-hydrogen) atoms. The lowest BCUT2D eigenvalue weighted by Crippen LogP contribution is -2.43. The molecule has 7 heteroatoms. The third-order valence-corrected chi connectivity index (χ3v) is 5.75. The Kier molecular flexibility index (Phi) is 6.24. The van der Waals surface area contributed by atoms with E-state index in [1.807, 2.05) is 23.1 Å². The molecule has 0 saturated carbocycles. The predicted octanol–water partition coefficient (Wildman–Crippen LogP) is 3.46. The van der Waals surface area contributed by atoms with Crippen molar-refractivity contribution >= 4 is 23.1 Å². The fourth-order valence-corrected chi connectivity index (χ4v) is 4.14. The number of para-hydroxylation sites is 2. The van der Waals surface area contributed by atoms with Crippen LogP contribution in [0.2, 0.25) is 0 Å². The summed E-state index contributed by atoms with van der Waals surface area (Å²) in [5.74, 6) is 0.622. The number of ether oxygens (including phenoxy) is 1. The fraction of sp³-hybridized carbons (Fsp3) is 0.500. The van der Waals surface area contributed by atoms with Crippen LogP contribution in [-0.4, -0.2) is 59.7 Å². The maximum Gasteiger partial charge on any atom is 0.274 e. The number of piperidine rings is 1. The van der Waals surface area contributed by atoms with Crippen LogP contribution < -0.4 is 10.2 Å². The Morgan fingerprint density at radius 2 is 1.97 bits per heavy atom. The van der Waals surface area contributed by atoms with Crippen molar-refractivity contribution in [1.82, 2.24) is 14.9 Å². The van der Waals surface area contributed by atoms with E-state index in [2.05, 4.69) is 33.2 Å².